The SMILES string of the molecule is CSCC1CCCN(CCNc2c(C)c(=O)n(C)c(=O)n2C)C1. The molecular formula is C16H28N4O2S. The Kier molecular flexibility index (Phi) is 6.35. The van der Waals surface area contributed by atoms with Gasteiger partial charge in [0.05, 0.1) is 5.56 Å². The lowest BCUT2D eigenvalue weighted by atomic mass is 10.0. The lowest BCUT2D eigenvalue weighted by molar-refractivity contribution is 0.192. The number of rotatable bonds is 6. The van der Waals surface area contributed by atoms with Gasteiger partial charge in [-0.25, -0.2) is 4.79 Å². The molecule has 23 heavy (non-hydrogen) atoms. The minimum atomic E-state index is -0.291. The molecule has 0 radical (unpaired) electrons. The van der Waals surface area contributed by atoms with E-state index in [2.05, 4.69) is 16.5 Å². The first kappa shape index (κ1) is 18.1. The molecule has 1 unspecified atom stereocenters. The van der Waals surface area contributed by atoms with Gasteiger partial charge in [0.25, 0.3) is 5.56 Å². The molecule has 1 aliphatic rings. The maximum atomic E-state index is 12.0. The highest BCUT2D eigenvalue weighted by Gasteiger charge is 2.19. The number of thioether (sulfide) groups is 1. The van der Waals surface area contributed by atoms with Crippen molar-refractivity contribution < 1.29 is 0 Å². The molecule has 1 fully saturated rings. The van der Waals surface area contributed by atoms with Gasteiger partial charge in [-0.15, -0.1) is 0 Å². The van der Waals surface area contributed by atoms with Gasteiger partial charge in [0.2, 0.25) is 0 Å². The van der Waals surface area contributed by atoms with Gasteiger partial charge in [-0.3, -0.25) is 13.9 Å². The van der Waals surface area contributed by atoms with Crippen molar-refractivity contribution >= 4 is 17.6 Å². The first-order chi connectivity index (χ1) is 11.0. The van der Waals surface area contributed by atoms with Crippen LogP contribution in [0.1, 0.15) is 18.4 Å². The Hall–Kier alpha value is -1.21. The topological polar surface area (TPSA) is 59.3 Å². The van der Waals surface area contributed by atoms with Gasteiger partial charge in [0.1, 0.15) is 5.82 Å². The first-order valence-electron chi connectivity index (χ1n) is 8.17. The standard InChI is InChI=1S/C16H28N4O2S/c1-12-14(18(2)16(22)19(3)15(12)21)17-7-9-20-8-5-6-13(10-20)11-23-4/h13,17H,5-11H2,1-4H3. The van der Waals surface area contributed by atoms with Crippen LogP contribution in [0.5, 0.6) is 0 Å². The molecule has 7 heteroatoms. The van der Waals surface area contributed by atoms with Gasteiger partial charge < -0.3 is 10.2 Å². The third-order valence-corrected chi connectivity index (χ3v) is 5.42. The molecule has 0 aromatic carbocycles. The van der Waals surface area contributed by atoms with Crippen LogP contribution in [0.2, 0.25) is 0 Å². The zero-order valence-corrected chi connectivity index (χ0v) is 15.4. The highest BCUT2D eigenvalue weighted by Crippen LogP contribution is 2.19. The summed E-state index contributed by atoms with van der Waals surface area (Å²) in [6, 6.07) is 0. The van der Waals surface area contributed by atoms with E-state index >= 15 is 0 Å². The highest BCUT2D eigenvalue weighted by molar-refractivity contribution is 7.98. The van der Waals surface area contributed by atoms with Crippen molar-refractivity contribution in [3.05, 3.63) is 26.4 Å². The molecule has 1 N–H and O–H groups in total. The van der Waals surface area contributed by atoms with E-state index < -0.39 is 0 Å². The van der Waals surface area contributed by atoms with Crippen molar-refractivity contribution in [2.45, 2.75) is 19.8 Å². The lowest BCUT2D eigenvalue weighted by Crippen LogP contribution is -2.41. The fourth-order valence-corrected chi connectivity index (χ4v) is 4.07. The molecule has 1 saturated heterocycles. The number of nitrogens with one attached hydrogen (secondary N) is 1. The predicted molar refractivity (Wildman–Crippen MR) is 97.7 cm³/mol. The third kappa shape index (κ3) is 4.20. The maximum Gasteiger partial charge on any atom is 0.332 e. The number of hydrogen-bond acceptors (Lipinski definition) is 5. The van der Waals surface area contributed by atoms with Crippen molar-refractivity contribution in [1.82, 2.24) is 14.0 Å². The van der Waals surface area contributed by atoms with Crippen molar-refractivity contribution in [3.8, 4) is 0 Å². The van der Waals surface area contributed by atoms with Crippen LogP contribution in [0.4, 0.5) is 5.82 Å². The molecule has 0 bridgehead atoms. The Balaban J connectivity index is 1.97. The van der Waals surface area contributed by atoms with Gasteiger partial charge in [0.15, 0.2) is 0 Å². The zero-order chi connectivity index (χ0) is 17.0. The number of nitrogens with zero attached hydrogens (tertiary/aromatic N) is 3. The van der Waals surface area contributed by atoms with Crippen LogP contribution in [0.15, 0.2) is 9.59 Å². The highest BCUT2D eigenvalue weighted by atomic mass is 32.2. The van der Waals surface area contributed by atoms with Crippen molar-refractivity contribution in [2.75, 3.05) is 43.5 Å². The molecule has 1 aliphatic heterocycles. The molecule has 2 heterocycles. The van der Waals surface area contributed by atoms with E-state index in [0.717, 1.165) is 36.7 Å². The summed E-state index contributed by atoms with van der Waals surface area (Å²) in [5, 5.41) is 3.29. The molecule has 2 rings (SSSR count). The molecule has 0 saturated carbocycles. The largest absolute Gasteiger partial charge is 0.370 e. The summed E-state index contributed by atoms with van der Waals surface area (Å²) >= 11 is 1.92. The number of hydrogen-bond donors (Lipinski definition) is 1. The summed E-state index contributed by atoms with van der Waals surface area (Å²) < 4.78 is 2.67. The predicted octanol–water partition coefficient (Wildman–Crippen LogP) is 0.879. The van der Waals surface area contributed by atoms with Gasteiger partial charge in [-0.2, -0.15) is 11.8 Å². The lowest BCUT2D eigenvalue weighted by Gasteiger charge is -2.32. The second kappa shape index (κ2) is 8.06. The Labute approximate surface area is 141 Å². The number of anilines is 1. The first-order valence-corrected chi connectivity index (χ1v) is 9.56. The fourth-order valence-electron chi connectivity index (χ4n) is 3.32. The van der Waals surface area contributed by atoms with Gasteiger partial charge >= 0.3 is 5.69 Å². The van der Waals surface area contributed by atoms with E-state index in [4.69, 9.17) is 0 Å². The van der Waals surface area contributed by atoms with Crippen LogP contribution in [-0.4, -0.2) is 52.2 Å². The molecule has 1 aromatic rings. The summed E-state index contributed by atoms with van der Waals surface area (Å²) in [4.78, 5) is 26.5. The zero-order valence-electron chi connectivity index (χ0n) is 14.6. The average Bonchev–Trinajstić information content (AvgIpc) is 2.55. The normalized spacial score (nSPS) is 19.0. The molecule has 0 amide bonds. The average molecular weight is 340 g/mol. The van der Waals surface area contributed by atoms with Crippen molar-refractivity contribution in [3.63, 3.8) is 0 Å². The van der Waals surface area contributed by atoms with E-state index in [1.54, 1.807) is 14.0 Å². The molecular weight excluding hydrogens is 312 g/mol. The minimum Gasteiger partial charge on any atom is -0.370 e. The Bertz CT molecular complexity index is 613. The smallest absolute Gasteiger partial charge is 0.332 e. The van der Waals surface area contributed by atoms with Crippen LogP contribution < -0.4 is 16.6 Å². The summed E-state index contributed by atoms with van der Waals surface area (Å²) in [6.07, 6.45) is 4.75. The molecule has 6 nitrogen and oxygen atoms in total. The fraction of sp³-hybridized carbons (Fsp3) is 0.750. The second-order valence-electron chi connectivity index (χ2n) is 6.37. The Morgan fingerprint density at radius 2 is 2.00 bits per heavy atom. The van der Waals surface area contributed by atoms with Crippen LogP contribution in [-0.2, 0) is 14.1 Å². The van der Waals surface area contributed by atoms with E-state index in [0.29, 0.717) is 11.4 Å². The molecule has 1 atom stereocenters. The van der Waals surface area contributed by atoms with E-state index in [9.17, 15) is 9.59 Å². The quantitative estimate of drug-likeness (QED) is 0.833. The summed E-state index contributed by atoms with van der Waals surface area (Å²) in [6.45, 7) is 5.73. The van der Waals surface area contributed by atoms with Crippen molar-refractivity contribution in [2.24, 2.45) is 20.0 Å². The molecule has 0 spiro atoms. The minimum absolute atomic E-state index is 0.228. The van der Waals surface area contributed by atoms with Gasteiger partial charge in [0, 0.05) is 33.7 Å². The van der Waals surface area contributed by atoms with Crippen LogP contribution >= 0.6 is 11.8 Å². The maximum absolute atomic E-state index is 12.0. The van der Waals surface area contributed by atoms with Crippen LogP contribution in [0.3, 0.4) is 0 Å². The van der Waals surface area contributed by atoms with E-state index in [1.807, 2.05) is 11.8 Å². The molecule has 130 valence electrons. The van der Waals surface area contributed by atoms with E-state index in [1.165, 1.54) is 30.2 Å². The monoisotopic (exact) mass is 340 g/mol. The number of likely N-dealkylation sites (tertiary alicyclic amines) is 1. The van der Waals surface area contributed by atoms with Gasteiger partial charge in [-0.1, -0.05) is 0 Å². The summed E-state index contributed by atoms with van der Waals surface area (Å²) in [5.74, 6) is 2.65. The summed E-state index contributed by atoms with van der Waals surface area (Å²) in [7, 11) is 3.22. The molecule has 0 aliphatic carbocycles. The number of aromatic nitrogens is 2. The number of piperidine rings is 1. The van der Waals surface area contributed by atoms with Gasteiger partial charge in [-0.05, 0) is 44.2 Å². The Morgan fingerprint density at radius 1 is 1.26 bits per heavy atom. The van der Waals surface area contributed by atoms with Crippen LogP contribution in [0.25, 0.3) is 0 Å². The summed E-state index contributed by atoms with van der Waals surface area (Å²) in [5.41, 5.74) is 0.0724. The second-order valence-corrected chi connectivity index (χ2v) is 7.28. The third-order valence-electron chi connectivity index (χ3n) is 4.62. The van der Waals surface area contributed by atoms with Crippen LogP contribution in [0, 0.1) is 12.8 Å². The van der Waals surface area contributed by atoms with Crippen molar-refractivity contribution in [1.29, 1.82) is 0 Å². The van der Waals surface area contributed by atoms with E-state index in [-0.39, 0.29) is 11.2 Å². The molecule has 1 aromatic heterocycles. The Morgan fingerprint density at radius 3 is 2.70 bits per heavy atom.